The number of aromatic nitrogens is 1. The van der Waals surface area contributed by atoms with E-state index in [0.29, 0.717) is 5.92 Å². The summed E-state index contributed by atoms with van der Waals surface area (Å²) in [6.07, 6.45) is 3.35. The maximum absolute atomic E-state index is 5.49. The highest BCUT2D eigenvalue weighted by Gasteiger charge is 2.26. The van der Waals surface area contributed by atoms with E-state index >= 15 is 0 Å². The summed E-state index contributed by atoms with van der Waals surface area (Å²) < 4.78 is 10.9. The van der Waals surface area contributed by atoms with Gasteiger partial charge >= 0.3 is 0 Å². The minimum atomic E-state index is 0.551. The summed E-state index contributed by atoms with van der Waals surface area (Å²) >= 11 is 0. The van der Waals surface area contributed by atoms with Crippen LogP contribution in [-0.4, -0.2) is 37.2 Å². The Morgan fingerprint density at radius 3 is 2.84 bits per heavy atom. The first kappa shape index (κ1) is 16.0. The molecule has 2 aromatic carbocycles. The predicted octanol–water partition coefficient (Wildman–Crippen LogP) is 4.17. The highest BCUT2D eigenvalue weighted by molar-refractivity contribution is 5.85. The van der Waals surface area contributed by atoms with Crippen LogP contribution >= 0.6 is 0 Å². The lowest BCUT2D eigenvalue weighted by Gasteiger charge is -2.18. The van der Waals surface area contributed by atoms with Crippen molar-refractivity contribution in [2.75, 3.05) is 27.3 Å². The zero-order valence-corrected chi connectivity index (χ0v) is 14.8. The second-order valence-electron chi connectivity index (χ2n) is 6.69. The number of fused-ring (bicyclic) bond motifs is 1. The average molecular weight is 336 g/mol. The Morgan fingerprint density at radius 1 is 1.12 bits per heavy atom. The Bertz CT molecular complexity index is 871. The van der Waals surface area contributed by atoms with E-state index in [0.717, 1.165) is 31.1 Å². The second kappa shape index (κ2) is 6.81. The lowest BCUT2D eigenvalue weighted by Crippen LogP contribution is -2.20. The number of nitrogens with one attached hydrogen (secondary N) is 1. The zero-order chi connectivity index (χ0) is 17.2. The van der Waals surface area contributed by atoms with Crippen molar-refractivity contribution in [3.05, 3.63) is 59.8 Å². The molecule has 0 bridgehead atoms. The number of methoxy groups -OCH3 is 2. The molecule has 0 aliphatic carbocycles. The molecule has 0 amide bonds. The predicted molar refractivity (Wildman–Crippen MR) is 100 cm³/mol. The summed E-state index contributed by atoms with van der Waals surface area (Å²) in [5.41, 5.74) is 3.83. The summed E-state index contributed by atoms with van der Waals surface area (Å²) in [6.45, 7) is 3.12. The molecular weight excluding hydrogens is 312 g/mol. The van der Waals surface area contributed by atoms with Crippen molar-refractivity contribution in [2.45, 2.75) is 18.9 Å². The molecule has 4 nitrogen and oxygen atoms in total. The molecule has 130 valence electrons. The Morgan fingerprint density at radius 2 is 2.00 bits per heavy atom. The molecule has 0 spiro atoms. The first-order chi connectivity index (χ1) is 12.3. The number of hydrogen-bond acceptors (Lipinski definition) is 3. The van der Waals surface area contributed by atoms with Crippen molar-refractivity contribution in [1.29, 1.82) is 0 Å². The molecule has 4 rings (SSSR count). The van der Waals surface area contributed by atoms with Crippen molar-refractivity contribution in [1.82, 2.24) is 9.88 Å². The summed E-state index contributed by atoms with van der Waals surface area (Å²) in [5, 5.41) is 1.28. The van der Waals surface area contributed by atoms with Crippen LogP contribution < -0.4 is 9.47 Å². The fraction of sp³-hybridized carbons (Fsp3) is 0.333. The Balaban J connectivity index is 1.53. The van der Waals surface area contributed by atoms with E-state index in [1.165, 1.54) is 28.5 Å². The highest BCUT2D eigenvalue weighted by atomic mass is 16.5. The van der Waals surface area contributed by atoms with Gasteiger partial charge in [-0.25, -0.2) is 0 Å². The van der Waals surface area contributed by atoms with Gasteiger partial charge in [0.2, 0.25) is 0 Å². The summed E-state index contributed by atoms with van der Waals surface area (Å²) in [6, 6.07) is 14.5. The van der Waals surface area contributed by atoms with Gasteiger partial charge in [-0.3, -0.25) is 4.90 Å². The minimum absolute atomic E-state index is 0.551. The van der Waals surface area contributed by atoms with Crippen LogP contribution in [-0.2, 0) is 6.54 Å². The first-order valence-electron chi connectivity index (χ1n) is 8.77. The van der Waals surface area contributed by atoms with E-state index in [1.807, 2.05) is 18.2 Å². The van der Waals surface area contributed by atoms with E-state index in [2.05, 4.69) is 40.3 Å². The van der Waals surface area contributed by atoms with Gasteiger partial charge < -0.3 is 14.5 Å². The van der Waals surface area contributed by atoms with Crippen LogP contribution in [0.3, 0.4) is 0 Å². The van der Waals surface area contributed by atoms with Gasteiger partial charge in [-0.15, -0.1) is 0 Å². The number of aromatic amines is 1. The normalized spacial score (nSPS) is 17.9. The third-order valence-corrected chi connectivity index (χ3v) is 5.22. The van der Waals surface area contributed by atoms with E-state index in [-0.39, 0.29) is 0 Å². The number of benzene rings is 2. The van der Waals surface area contributed by atoms with Gasteiger partial charge in [-0.1, -0.05) is 18.2 Å². The molecule has 1 atom stereocenters. The van der Waals surface area contributed by atoms with E-state index in [9.17, 15) is 0 Å². The van der Waals surface area contributed by atoms with E-state index in [1.54, 1.807) is 14.2 Å². The molecule has 4 heteroatoms. The van der Waals surface area contributed by atoms with Crippen LogP contribution in [0.25, 0.3) is 10.9 Å². The number of nitrogens with zero attached hydrogens (tertiary/aromatic N) is 1. The van der Waals surface area contributed by atoms with Gasteiger partial charge in [0.05, 0.1) is 14.2 Å². The van der Waals surface area contributed by atoms with Crippen molar-refractivity contribution < 1.29 is 9.47 Å². The number of ether oxygens (including phenoxy) is 2. The average Bonchev–Trinajstić information content (AvgIpc) is 3.28. The largest absolute Gasteiger partial charge is 0.497 e. The SMILES string of the molecule is COc1ccc2[nH]cc([C@H]3CCN(Cc4ccccc4OC)C3)c2c1. The standard InChI is InChI=1S/C21H24N2O2/c1-24-17-7-8-20-18(11-17)19(12-22-20)15-9-10-23(13-15)14-16-5-3-4-6-21(16)25-2/h3-8,11-12,15,22H,9-10,13-14H2,1-2H3/t15-/m0/s1. The molecular formula is C21H24N2O2. The van der Waals surface area contributed by atoms with Crippen LogP contribution in [0.5, 0.6) is 11.5 Å². The van der Waals surface area contributed by atoms with E-state index in [4.69, 9.17) is 9.47 Å². The third-order valence-electron chi connectivity index (χ3n) is 5.22. The third kappa shape index (κ3) is 3.10. The van der Waals surface area contributed by atoms with Gasteiger partial charge in [0, 0.05) is 35.8 Å². The summed E-state index contributed by atoms with van der Waals surface area (Å²) in [5.74, 6) is 2.44. The van der Waals surface area contributed by atoms with Crippen molar-refractivity contribution >= 4 is 10.9 Å². The molecule has 0 radical (unpaired) electrons. The lowest BCUT2D eigenvalue weighted by atomic mass is 9.98. The molecule has 1 fully saturated rings. The number of H-pyrrole nitrogens is 1. The van der Waals surface area contributed by atoms with Crippen LogP contribution in [0.15, 0.2) is 48.7 Å². The Kier molecular flexibility index (Phi) is 4.36. The van der Waals surface area contributed by atoms with Gasteiger partial charge in [-0.05, 0) is 48.7 Å². The summed E-state index contributed by atoms with van der Waals surface area (Å²) in [7, 11) is 3.46. The van der Waals surface area contributed by atoms with Gasteiger partial charge in [-0.2, -0.15) is 0 Å². The minimum Gasteiger partial charge on any atom is -0.497 e. The molecule has 1 N–H and O–H groups in total. The molecule has 1 aliphatic heterocycles. The van der Waals surface area contributed by atoms with Gasteiger partial charge in [0.1, 0.15) is 11.5 Å². The fourth-order valence-electron chi connectivity index (χ4n) is 3.89. The van der Waals surface area contributed by atoms with Gasteiger partial charge in [0.15, 0.2) is 0 Å². The van der Waals surface area contributed by atoms with Crippen LogP contribution in [0.2, 0.25) is 0 Å². The molecule has 2 heterocycles. The van der Waals surface area contributed by atoms with Gasteiger partial charge in [0.25, 0.3) is 0 Å². The summed E-state index contributed by atoms with van der Waals surface area (Å²) in [4.78, 5) is 5.92. The molecule has 0 unspecified atom stereocenters. The zero-order valence-electron chi connectivity index (χ0n) is 14.8. The highest BCUT2D eigenvalue weighted by Crippen LogP contribution is 2.35. The molecule has 1 aromatic heterocycles. The van der Waals surface area contributed by atoms with Crippen LogP contribution in [0, 0.1) is 0 Å². The maximum Gasteiger partial charge on any atom is 0.123 e. The molecule has 3 aromatic rings. The van der Waals surface area contributed by atoms with Crippen molar-refractivity contribution in [2.24, 2.45) is 0 Å². The fourth-order valence-corrected chi connectivity index (χ4v) is 3.89. The lowest BCUT2D eigenvalue weighted by molar-refractivity contribution is 0.317. The molecule has 1 saturated heterocycles. The quantitative estimate of drug-likeness (QED) is 0.760. The topological polar surface area (TPSA) is 37.5 Å². The molecule has 25 heavy (non-hydrogen) atoms. The number of hydrogen-bond donors (Lipinski definition) is 1. The van der Waals surface area contributed by atoms with Crippen molar-refractivity contribution in [3.8, 4) is 11.5 Å². The second-order valence-corrected chi connectivity index (χ2v) is 6.69. The number of rotatable bonds is 5. The number of para-hydroxylation sites is 1. The van der Waals surface area contributed by atoms with E-state index < -0.39 is 0 Å². The number of likely N-dealkylation sites (tertiary alicyclic amines) is 1. The smallest absolute Gasteiger partial charge is 0.123 e. The maximum atomic E-state index is 5.49. The van der Waals surface area contributed by atoms with Crippen LogP contribution in [0.4, 0.5) is 0 Å². The van der Waals surface area contributed by atoms with Crippen LogP contribution in [0.1, 0.15) is 23.5 Å². The Labute approximate surface area is 148 Å². The first-order valence-corrected chi connectivity index (χ1v) is 8.77. The molecule has 0 saturated carbocycles. The van der Waals surface area contributed by atoms with Crippen molar-refractivity contribution in [3.63, 3.8) is 0 Å². The monoisotopic (exact) mass is 336 g/mol. The Hall–Kier alpha value is -2.46. The molecule has 1 aliphatic rings.